The molecule has 0 radical (unpaired) electrons. The Morgan fingerprint density at radius 3 is 2.61 bits per heavy atom. The van der Waals surface area contributed by atoms with Crippen molar-refractivity contribution in [2.24, 2.45) is 5.10 Å². The molecule has 0 aliphatic heterocycles. The summed E-state index contributed by atoms with van der Waals surface area (Å²) in [4.78, 5) is 38.3. The van der Waals surface area contributed by atoms with Crippen molar-refractivity contribution >= 4 is 56.3 Å². The van der Waals surface area contributed by atoms with Gasteiger partial charge in [-0.1, -0.05) is 33.6 Å². The molecule has 1 aliphatic rings. The molecule has 1 aromatic heterocycles. The average Bonchev–Trinajstić information content (AvgIpc) is 3.22. The van der Waals surface area contributed by atoms with Crippen LogP contribution in [0.15, 0.2) is 52.0 Å². The highest BCUT2D eigenvalue weighted by molar-refractivity contribution is 9.10. The van der Waals surface area contributed by atoms with Gasteiger partial charge < -0.3 is 10.1 Å². The standard InChI is InChI=1S/C26H21BrN4O4S/c1-15-6-8-16(9-7-15)26(34)35-21-11-10-18(27)12-17(21)14-29-31-24(33)23(32)30-25-20(13-28)19-4-2-3-5-22(19)36-25/h6-12,14H,2-5H2,1H3,(H,30,32)(H,31,33). The van der Waals surface area contributed by atoms with Gasteiger partial charge in [0.25, 0.3) is 0 Å². The van der Waals surface area contributed by atoms with Crippen LogP contribution in [0, 0.1) is 18.3 Å². The van der Waals surface area contributed by atoms with E-state index in [1.807, 2.05) is 19.1 Å². The van der Waals surface area contributed by atoms with E-state index >= 15 is 0 Å². The first-order valence-corrected chi connectivity index (χ1v) is 12.7. The molecule has 182 valence electrons. The van der Waals surface area contributed by atoms with Gasteiger partial charge in [-0.25, -0.2) is 10.2 Å². The highest BCUT2D eigenvalue weighted by atomic mass is 79.9. The summed E-state index contributed by atoms with van der Waals surface area (Å²) in [6.07, 6.45) is 4.98. The molecule has 0 spiro atoms. The fourth-order valence-electron chi connectivity index (χ4n) is 3.70. The number of nitrogens with zero attached hydrogens (tertiary/aromatic N) is 2. The lowest BCUT2D eigenvalue weighted by Crippen LogP contribution is -2.32. The summed E-state index contributed by atoms with van der Waals surface area (Å²) in [6.45, 7) is 1.92. The second-order valence-corrected chi connectivity index (χ2v) is 10.1. The number of carbonyl (C=O) groups is 3. The quantitative estimate of drug-likeness (QED) is 0.150. The van der Waals surface area contributed by atoms with Crippen LogP contribution in [0.5, 0.6) is 5.75 Å². The molecule has 10 heteroatoms. The van der Waals surface area contributed by atoms with Crippen LogP contribution >= 0.6 is 27.3 Å². The van der Waals surface area contributed by atoms with Crippen molar-refractivity contribution < 1.29 is 19.1 Å². The first-order chi connectivity index (χ1) is 17.4. The topological polar surface area (TPSA) is 121 Å². The maximum Gasteiger partial charge on any atom is 0.343 e. The number of fused-ring (bicyclic) bond motifs is 1. The maximum atomic E-state index is 12.5. The van der Waals surface area contributed by atoms with Crippen LogP contribution in [-0.4, -0.2) is 24.0 Å². The van der Waals surface area contributed by atoms with Crippen LogP contribution in [0.3, 0.4) is 0 Å². The predicted molar refractivity (Wildman–Crippen MR) is 140 cm³/mol. The number of ether oxygens (including phenoxy) is 1. The molecule has 2 N–H and O–H groups in total. The maximum absolute atomic E-state index is 12.5. The van der Waals surface area contributed by atoms with Gasteiger partial charge in [0, 0.05) is 14.9 Å². The van der Waals surface area contributed by atoms with Gasteiger partial charge in [0.1, 0.15) is 16.8 Å². The molecule has 4 rings (SSSR count). The first-order valence-electron chi connectivity index (χ1n) is 11.1. The van der Waals surface area contributed by atoms with Gasteiger partial charge in [-0.05, 0) is 68.5 Å². The van der Waals surface area contributed by atoms with E-state index in [-0.39, 0.29) is 5.75 Å². The molecule has 0 atom stereocenters. The van der Waals surface area contributed by atoms with Gasteiger partial charge in [-0.3, -0.25) is 9.59 Å². The van der Waals surface area contributed by atoms with Crippen molar-refractivity contribution in [1.82, 2.24) is 5.43 Å². The molecule has 36 heavy (non-hydrogen) atoms. The lowest BCUT2D eigenvalue weighted by molar-refractivity contribution is -0.136. The van der Waals surface area contributed by atoms with Gasteiger partial charge in [0.2, 0.25) is 0 Å². The zero-order valence-electron chi connectivity index (χ0n) is 19.3. The van der Waals surface area contributed by atoms with Crippen LogP contribution < -0.4 is 15.5 Å². The minimum Gasteiger partial charge on any atom is -0.422 e. The van der Waals surface area contributed by atoms with Crippen molar-refractivity contribution in [2.75, 3.05) is 5.32 Å². The number of rotatable bonds is 5. The molecule has 3 aromatic rings. The molecule has 0 saturated carbocycles. The molecular weight excluding hydrogens is 544 g/mol. The second kappa shape index (κ2) is 11.3. The monoisotopic (exact) mass is 564 g/mol. The van der Waals surface area contributed by atoms with Crippen molar-refractivity contribution in [2.45, 2.75) is 32.6 Å². The van der Waals surface area contributed by atoms with Crippen molar-refractivity contribution in [3.05, 3.63) is 79.6 Å². The Bertz CT molecular complexity index is 1410. The summed E-state index contributed by atoms with van der Waals surface area (Å²) in [5.41, 5.74) is 5.38. The number of hydrazone groups is 1. The Hall–Kier alpha value is -3.81. The highest BCUT2D eigenvalue weighted by Crippen LogP contribution is 2.37. The van der Waals surface area contributed by atoms with Crippen LogP contribution in [0.25, 0.3) is 0 Å². The number of benzene rings is 2. The Balaban J connectivity index is 1.42. The highest BCUT2D eigenvalue weighted by Gasteiger charge is 2.23. The third-order valence-electron chi connectivity index (χ3n) is 5.55. The van der Waals surface area contributed by atoms with Crippen LogP contribution in [0.4, 0.5) is 5.00 Å². The smallest absolute Gasteiger partial charge is 0.343 e. The number of nitrogens with one attached hydrogen (secondary N) is 2. The van der Waals surface area contributed by atoms with Crippen molar-refractivity contribution in [3.8, 4) is 11.8 Å². The number of esters is 1. The molecule has 0 unspecified atom stereocenters. The summed E-state index contributed by atoms with van der Waals surface area (Å²) in [5.74, 6) is -2.23. The Kier molecular flexibility index (Phi) is 7.93. The first kappa shape index (κ1) is 25.3. The normalized spacial score (nSPS) is 12.5. The van der Waals surface area contributed by atoms with E-state index in [0.29, 0.717) is 26.2 Å². The molecule has 2 aromatic carbocycles. The molecule has 2 amide bonds. The molecular formula is C26H21BrN4O4S. The van der Waals surface area contributed by atoms with Crippen molar-refractivity contribution in [3.63, 3.8) is 0 Å². The van der Waals surface area contributed by atoms with Crippen LogP contribution in [-0.2, 0) is 22.4 Å². The van der Waals surface area contributed by atoms with Gasteiger partial charge in [0.15, 0.2) is 0 Å². The number of carbonyl (C=O) groups excluding carboxylic acids is 3. The van der Waals surface area contributed by atoms with Crippen LogP contribution in [0.1, 0.15) is 50.3 Å². The number of aryl methyl sites for hydroxylation is 2. The summed E-state index contributed by atoms with van der Waals surface area (Å²) in [5, 5.41) is 16.3. The Morgan fingerprint density at radius 1 is 1.11 bits per heavy atom. The van der Waals surface area contributed by atoms with Gasteiger partial charge >= 0.3 is 17.8 Å². The Labute approximate surface area is 220 Å². The van der Waals surface area contributed by atoms with Crippen LogP contribution in [0.2, 0.25) is 0 Å². The van der Waals surface area contributed by atoms with E-state index in [4.69, 9.17) is 4.74 Å². The third kappa shape index (κ3) is 5.87. The average molecular weight is 565 g/mol. The minimum atomic E-state index is -0.991. The number of anilines is 1. The van der Waals surface area contributed by atoms with E-state index in [1.54, 1.807) is 30.3 Å². The zero-order chi connectivity index (χ0) is 25.7. The summed E-state index contributed by atoms with van der Waals surface area (Å²) >= 11 is 4.69. The second-order valence-electron chi connectivity index (χ2n) is 8.12. The molecule has 0 fully saturated rings. The number of halogens is 1. The lowest BCUT2D eigenvalue weighted by atomic mass is 9.96. The van der Waals surface area contributed by atoms with E-state index in [0.717, 1.165) is 41.7 Å². The van der Waals surface area contributed by atoms with Crippen molar-refractivity contribution in [1.29, 1.82) is 5.26 Å². The van der Waals surface area contributed by atoms with Gasteiger partial charge in [-0.15, -0.1) is 11.3 Å². The summed E-state index contributed by atoms with van der Waals surface area (Å²) in [7, 11) is 0. The zero-order valence-corrected chi connectivity index (χ0v) is 21.7. The van der Waals surface area contributed by atoms with Gasteiger partial charge in [0.05, 0.1) is 17.3 Å². The SMILES string of the molecule is Cc1ccc(C(=O)Oc2ccc(Br)cc2C=NNC(=O)C(=O)Nc2sc3c(c2C#N)CCCC3)cc1. The molecule has 0 bridgehead atoms. The largest absolute Gasteiger partial charge is 0.422 e. The molecule has 1 heterocycles. The third-order valence-corrected chi connectivity index (χ3v) is 7.25. The predicted octanol–water partition coefficient (Wildman–Crippen LogP) is 4.88. The Morgan fingerprint density at radius 2 is 1.86 bits per heavy atom. The van der Waals surface area contributed by atoms with E-state index in [2.05, 4.69) is 37.8 Å². The number of thiophene rings is 1. The number of amides is 2. The van der Waals surface area contributed by atoms with E-state index in [1.165, 1.54) is 17.6 Å². The summed E-state index contributed by atoms with van der Waals surface area (Å²) in [6, 6.07) is 14.1. The van der Waals surface area contributed by atoms with Gasteiger partial charge in [-0.2, -0.15) is 10.4 Å². The van der Waals surface area contributed by atoms with E-state index < -0.39 is 17.8 Å². The molecule has 8 nitrogen and oxygen atoms in total. The molecule has 1 aliphatic carbocycles. The lowest BCUT2D eigenvalue weighted by Gasteiger charge is -2.09. The summed E-state index contributed by atoms with van der Waals surface area (Å²) < 4.78 is 6.21. The van der Waals surface area contributed by atoms with E-state index in [9.17, 15) is 19.6 Å². The minimum absolute atomic E-state index is 0.231. The molecule has 0 saturated heterocycles. The number of hydrogen-bond donors (Lipinski definition) is 2. The fraction of sp³-hybridized carbons (Fsp3) is 0.192. The number of nitriles is 1. The fourth-order valence-corrected chi connectivity index (χ4v) is 5.32. The number of hydrogen-bond acceptors (Lipinski definition) is 7.